The van der Waals surface area contributed by atoms with Gasteiger partial charge in [0.1, 0.15) is 5.82 Å². The summed E-state index contributed by atoms with van der Waals surface area (Å²) < 4.78 is 12.9. The summed E-state index contributed by atoms with van der Waals surface area (Å²) in [5, 5.41) is 0. The first-order chi connectivity index (χ1) is 9.28. The third-order valence-electron chi connectivity index (χ3n) is 3.01. The summed E-state index contributed by atoms with van der Waals surface area (Å²) in [5.74, 6) is -0.197. The van der Waals surface area contributed by atoms with Gasteiger partial charge in [0.15, 0.2) is 0 Å². The lowest BCUT2D eigenvalue weighted by Crippen LogP contribution is -2.28. The molecule has 2 nitrogen and oxygen atoms in total. The van der Waals surface area contributed by atoms with Gasteiger partial charge in [-0.2, -0.15) is 0 Å². The topological polar surface area (TPSA) is 29.3 Å². The van der Waals surface area contributed by atoms with Crippen LogP contribution in [0.4, 0.5) is 4.39 Å². The van der Waals surface area contributed by atoms with E-state index in [4.69, 9.17) is 5.73 Å². The molecule has 100 valence electrons. The smallest absolute Gasteiger partial charge is 0.123 e. The van der Waals surface area contributed by atoms with Crippen molar-refractivity contribution in [1.82, 2.24) is 4.90 Å². The van der Waals surface area contributed by atoms with Crippen LogP contribution >= 0.6 is 0 Å². The second-order valence-electron chi connectivity index (χ2n) is 4.61. The Kier molecular flexibility index (Phi) is 5.07. The molecule has 0 aliphatic rings. The second kappa shape index (κ2) is 7.02. The van der Waals surface area contributed by atoms with Gasteiger partial charge in [0, 0.05) is 26.2 Å². The summed E-state index contributed by atoms with van der Waals surface area (Å²) in [4.78, 5) is 2.27. The largest absolute Gasteiger partial charge is 0.329 e. The number of benzene rings is 2. The quantitative estimate of drug-likeness (QED) is 0.863. The molecule has 0 saturated carbocycles. The highest BCUT2D eigenvalue weighted by atomic mass is 19.1. The molecule has 2 aromatic rings. The Balaban J connectivity index is 2.01. The number of halogens is 1. The monoisotopic (exact) mass is 258 g/mol. The van der Waals surface area contributed by atoms with Crippen LogP contribution in [0.15, 0.2) is 54.6 Å². The van der Waals surface area contributed by atoms with E-state index in [9.17, 15) is 4.39 Å². The lowest BCUT2D eigenvalue weighted by atomic mass is 10.1. The lowest BCUT2D eigenvalue weighted by molar-refractivity contribution is 0.264. The maximum atomic E-state index is 12.9. The number of nitrogens with zero attached hydrogens (tertiary/aromatic N) is 1. The van der Waals surface area contributed by atoms with Crippen LogP contribution in [0.1, 0.15) is 11.1 Å². The third kappa shape index (κ3) is 4.47. The summed E-state index contributed by atoms with van der Waals surface area (Å²) in [5.41, 5.74) is 8.02. The van der Waals surface area contributed by atoms with Crippen LogP contribution in [-0.4, -0.2) is 18.0 Å². The SMILES string of the molecule is NCCN(Cc1ccccc1)Cc1ccc(F)cc1. The molecule has 19 heavy (non-hydrogen) atoms. The molecular weight excluding hydrogens is 239 g/mol. The van der Waals surface area contributed by atoms with Gasteiger partial charge in [0.2, 0.25) is 0 Å². The van der Waals surface area contributed by atoms with Crippen molar-refractivity contribution in [3.63, 3.8) is 0 Å². The summed E-state index contributed by atoms with van der Waals surface area (Å²) in [6.07, 6.45) is 0. The van der Waals surface area contributed by atoms with Crippen molar-refractivity contribution in [2.24, 2.45) is 5.73 Å². The molecule has 0 atom stereocenters. The van der Waals surface area contributed by atoms with Gasteiger partial charge in [-0.25, -0.2) is 4.39 Å². The van der Waals surface area contributed by atoms with Gasteiger partial charge in [-0.15, -0.1) is 0 Å². The van der Waals surface area contributed by atoms with Crippen LogP contribution in [0, 0.1) is 5.82 Å². The second-order valence-corrected chi connectivity index (χ2v) is 4.61. The first-order valence-electron chi connectivity index (χ1n) is 6.49. The van der Waals surface area contributed by atoms with Crippen LogP contribution < -0.4 is 5.73 Å². The molecule has 0 heterocycles. The van der Waals surface area contributed by atoms with Crippen LogP contribution in [0.3, 0.4) is 0 Å². The van der Waals surface area contributed by atoms with Gasteiger partial charge in [0.25, 0.3) is 0 Å². The Morgan fingerprint density at radius 1 is 0.842 bits per heavy atom. The van der Waals surface area contributed by atoms with Gasteiger partial charge < -0.3 is 5.73 Å². The maximum absolute atomic E-state index is 12.9. The summed E-state index contributed by atoms with van der Waals surface area (Å²) in [7, 11) is 0. The molecule has 0 saturated heterocycles. The number of rotatable bonds is 6. The highest BCUT2D eigenvalue weighted by molar-refractivity contribution is 5.17. The van der Waals surface area contributed by atoms with E-state index in [1.165, 1.54) is 17.7 Å². The Morgan fingerprint density at radius 3 is 2.00 bits per heavy atom. The standard InChI is InChI=1S/C16H19FN2/c17-16-8-6-15(7-9-16)13-19(11-10-18)12-14-4-2-1-3-5-14/h1-9H,10-13,18H2. The Morgan fingerprint density at radius 2 is 1.42 bits per heavy atom. The minimum Gasteiger partial charge on any atom is -0.329 e. The molecule has 3 heteroatoms. The Hall–Kier alpha value is -1.71. The lowest BCUT2D eigenvalue weighted by Gasteiger charge is -2.21. The first-order valence-corrected chi connectivity index (χ1v) is 6.49. The molecule has 0 spiro atoms. The normalized spacial score (nSPS) is 10.9. The van der Waals surface area contributed by atoms with E-state index < -0.39 is 0 Å². The number of hydrogen-bond donors (Lipinski definition) is 1. The molecule has 0 aliphatic carbocycles. The summed E-state index contributed by atoms with van der Waals surface area (Å²) in [6.45, 7) is 3.09. The zero-order valence-electron chi connectivity index (χ0n) is 10.9. The van der Waals surface area contributed by atoms with Crippen LogP contribution in [0.5, 0.6) is 0 Å². The molecule has 2 N–H and O–H groups in total. The molecule has 0 aliphatic heterocycles. The van der Waals surface area contributed by atoms with E-state index in [1.54, 1.807) is 0 Å². The van der Waals surface area contributed by atoms with Crippen LogP contribution in [-0.2, 0) is 13.1 Å². The van der Waals surface area contributed by atoms with E-state index in [2.05, 4.69) is 17.0 Å². The van der Waals surface area contributed by atoms with Crippen molar-refractivity contribution in [3.8, 4) is 0 Å². The number of nitrogens with two attached hydrogens (primary N) is 1. The molecule has 0 unspecified atom stereocenters. The molecule has 0 amide bonds. The fraction of sp³-hybridized carbons (Fsp3) is 0.250. The highest BCUT2D eigenvalue weighted by Gasteiger charge is 2.06. The molecule has 0 aromatic heterocycles. The van der Waals surface area contributed by atoms with Gasteiger partial charge in [-0.3, -0.25) is 4.90 Å². The minimum absolute atomic E-state index is 0.197. The maximum Gasteiger partial charge on any atom is 0.123 e. The van der Waals surface area contributed by atoms with E-state index in [-0.39, 0.29) is 5.82 Å². The van der Waals surface area contributed by atoms with Crippen LogP contribution in [0.25, 0.3) is 0 Å². The zero-order chi connectivity index (χ0) is 13.5. The van der Waals surface area contributed by atoms with Gasteiger partial charge in [-0.1, -0.05) is 42.5 Å². The van der Waals surface area contributed by atoms with Crippen LogP contribution in [0.2, 0.25) is 0 Å². The van der Waals surface area contributed by atoms with Crippen molar-refractivity contribution in [2.75, 3.05) is 13.1 Å². The van der Waals surface area contributed by atoms with Crippen molar-refractivity contribution < 1.29 is 4.39 Å². The first kappa shape index (κ1) is 13.7. The predicted molar refractivity (Wildman–Crippen MR) is 76.0 cm³/mol. The summed E-state index contributed by atoms with van der Waals surface area (Å²) >= 11 is 0. The average Bonchev–Trinajstić information content (AvgIpc) is 2.43. The van der Waals surface area contributed by atoms with Gasteiger partial charge >= 0.3 is 0 Å². The van der Waals surface area contributed by atoms with E-state index in [1.807, 2.05) is 30.3 Å². The zero-order valence-corrected chi connectivity index (χ0v) is 10.9. The van der Waals surface area contributed by atoms with Crippen molar-refractivity contribution in [1.29, 1.82) is 0 Å². The third-order valence-corrected chi connectivity index (χ3v) is 3.01. The molecular formula is C16H19FN2. The molecule has 0 bridgehead atoms. The summed E-state index contributed by atoms with van der Waals surface area (Å²) in [6, 6.07) is 16.9. The van der Waals surface area contributed by atoms with E-state index in [0.29, 0.717) is 6.54 Å². The van der Waals surface area contributed by atoms with Crippen molar-refractivity contribution >= 4 is 0 Å². The van der Waals surface area contributed by atoms with Crippen molar-refractivity contribution in [2.45, 2.75) is 13.1 Å². The van der Waals surface area contributed by atoms with Gasteiger partial charge in [0.05, 0.1) is 0 Å². The molecule has 0 radical (unpaired) electrons. The van der Waals surface area contributed by atoms with Gasteiger partial charge in [-0.05, 0) is 23.3 Å². The molecule has 2 rings (SSSR count). The highest BCUT2D eigenvalue weighted by Crippen LogP contribution is 2.10. The average molecular weight is 258 g/mol. The Bertz CT molecular complexity index is 482. The predicted octanol–water partition coefficient (Wildman–Crippen LogP) is 2.79. The van der Waals surface area contributed by atoms with E-state index >= 15 is 0 Å². The van der Waals surface area contributed by atoms with Crippen molar-refractivity contribution in [3.05, 3.63) is 71.5 Å². The fourth-order valence-corrected chi connectivity index (χ4v) is 2.09. The van der Waals surface area contributed by atoms with E-state index in [0.717, 1.165) is 25.2 Å². The minimum atomic E-state index is -0.197. The molecule has 2 aromatic carbocycles. The fourth-order valence-electron chi connectivity index (χ4n) is 2.09. The molecule has 0 fully saturated rings. The number of hydrogen-bond acceptors (Lipinski definition) is 2. The Labute approximate surface area is 113 Å².